The Bertz CT molecular complexity index is 1060. The van der Waals surface area contributed by atoms with Gasteiger partial charge in [-0.2, -0.15) is 0 Å². The molecule has 0 amide bonds. The number of hydrogen-bond donors (Lipinski definition) is 0. The Hall–Kier alpha value is -1.55. The van der Waals surface area contributed by atoms with Crippen LogP contribution in [-0.4, -0.2) is 130 Å². The highest BCUT2D eigenvalue weighted by Crippen LogP contribution is 2.43. The molecule has 256 valence electrons. The third kappa shape index (κ3) is 9.76. The van der Waals surface area contributed by atoms with E-state index in [0.717, 1.165) is 131 Å². The molecular weight excluding hydrogens is 619 g/mol. The van der Waals surface area contributed by atoms with Crippen LogP contribution in [0.2, 0.25) is 0 Å². The molecule has 7 nitrogen and oxygen atoms in total. The van der Waals surface area contributed by atoms with Crippen molar-refractivity contribution in [3.05, 3.63) is 71.8 Å². The van der Waals surface area contributed by atoms with Crippen molar-refractivity contribution < 1.29 is 14.3 Å². The molecule has 4 fully saturated rings. The number of halogens is 2. The number of carbonyl (C=O) groups is 1. The Kier molecular flexibility index (Phi) is 14.8. The second-order valence-corrected chi connectivity index (χ2v) is 13.8. The van der Waals surface area contributed by atoms with Gasteiger partial charge in [0.05, 0.1) is 26.4 Å². The quantitative estimate of drug-likeness (QED) is 0.317. The molecule has 0 N–H and O–H groups in total. The number of likely N-dealkylation sites (tertiary alicyclic amines) is 2. The first-order chi connectivity index (χ1) is 21.6. The van der Waals surface area contributed by atoms with Crippen molar-refractivity contribution in [2.45, 2.75) is 49.4 Å². The monoisotopic (exact) mass is 674 g/mol. The molecule has 4 aliphatic heterocycles. The lowest BCUT2D eigenvalue weighted by atomic mass is 9.65. The fourth-order valence-electron chi connectivity index (χ4n) is 8.16. The Morgan fingerprint density at radius 2 is 0.804 bits per heavy atom. The number of morpholine rings is 2. The van der Waals surface area contributed by atoms with E-state index in [1.54, 1.807) is 0 Å². The summed E-state index contributed by atoms with van der Waals surface area (Å²) in [4.78, 5) is 24.6. The summed E-state index contributed by atoms with van der Waals surface area (Å²) in [6, 6.07) is 21.9. The van der Waals surface area contributed by atoms with Crippen molar-refractivity contribution in [3.8, 4) is 0 Å². The smallest absolute Gasteiger partial charge is 0.134 e. The summed E-state index contributed by atoms with van der Waals surface area (Å²) in [6.07, 6.45) is 5.53. The van der Waals surface area contributed by atoms with Crippen LogP contribution in [0.4, 0.5) is 0 Å². The van der Waals surface area contributed by atoms with E-state index < -0.39 is 0 Å². The van der Waals surface area contributed by atoms with Gasteiger partial charge in [0, 0.05) is 76.0 Å². The first-order valence-electron chi connectivity index (χ1n) is 17.3. The highest BCUT2D eigenvalue weighted by atomic mass is 35.5. The summed E-state index contributed by atoms with van der Waals surface area (Å²) in [7, 11) is 0. The molecule has 46 heavy (non-hydrogen) atoms. The number of rotatable bonds is 12. The van der Waals surface area contributed by atoms with Gasteiger partial charge in [-0.05, 0) is 63.0 Å². The molecule has 4 saturated heterocycles. The average molecular weight is 676 g/mol. The molecule has 4 heterocycles. The Balaban J connectivity index is 0.00000240. The minimum atomic E-state index is -0.0649. The van der Waals surface area contributed by atoms with Crippen molar-refractivity contribution in [1.29, 1.82) is 0 Å². The SMILES string of the molecule is Cl.Cl.O=C(CC1(c2ccccc2)CCN(CCN2CCOCC2)CC1)CC1(c2ccccc2)CCN(CCN2CCOCC2)CC1. The molecule has 2 aromatic carbocycles. The lowest BCUT2D eigenvalue weighted by Gasteiger charge is -2.45. The molecular formula is C37H56Cl2N4O3. The summed E-state index contributed by atoms with van der Waals surface area (Å²) in [5, 5.41) is 0. The predicted octanol–water partition coefficient (Wildman–Crippen LogP) is 4.91. The van der Waals surface area contributed by atoms with Gasteiger partial charge in [0.15, 0.2) is 0 Å². The predicted molar refractivity (Wildman–Crippen MR) is 191 cm³/mol. The van der Waals surface area contributed by atoms with E-state index in [1.165, 1.54) is 11.1 Å². The van der Waals surface area contributed by atoms with Gasteiger partial charge in [0.2, 0.25) is 0 Å². The Labute approximate surface area is 289 Å². The van der Waals surface area contributed by atoms with Crippen molar-refractivity contribution in [1.82, 2.24) is 19.6 Å². The van der Waals surface area contributed by atoms with Gasteiger partial charge < -0.3 is 19.3 Å². The molecule has 0 unspecified atom stereocenters. The number of Topliss-reactive ketones (excluding diaryl/α,β-unsaturated/α-hetero) is 1. The van der Waals surface area contributed by atoms with Gasteiger partial charge in [0.25, 0.3) is 0 Å². The van der Waals surface area contributed by atoms with Gasteiger partial charge >= 0.3 is 0 Å². The summed E-state index contributed by atoms with van der Waals surface area (Å²) >= 11 is 0. The second-order valence-electron chi connectivity index (χ2n) is 13.8. The van der Waals surface area contributed by atoms with E-state index in [9.17, 15) is 4.79 Å². The van der Waals surface area contributed by atoms with Gasteiger partial charge in [-0.1, -0.05) is 60.7 Å². The summed E-state index contributed by atoms with van der Waals surface area (Å²) < 4.78 is 11.1. The van der Waals surface area contributed by atoms with Crippen molar-refractivity contribution in [2.24, 2.45) is 0 Å². The molecule has 4 aliphatic rings. The zero-order chi connectivity index (χ0) is 30.1. The Morgan fingerprint density at radius 1 is 0.500 bits per heavy atom. The minimum Gasteiger partial charge on any atom is -0.379 e. The van der Waals surface area contributed by atoms with Crippen LogP contribution in [0.1, 0.15) is 49.7 Å². The van der Waals surface area contributed by atoms with E-state index >= 15 is 0 Å². The van der Waals surface area contributed by atoms with Crippen LogP contribution in [-0.2, 0) is 25.1 Å². The van der Waals surface area contributed by atoms with Crippen LogP contribution in [0, 0.1) is 0 Å². The molecule has 9 heteroatoms. The average Bonchev–Trinajstić information content (AvgIpc) is 3.09. The van der Waals surface area contributed by atoms with Crippen molar-refractivity contribution >= 4 is 30.6 Å². The summed E-state index contributed by atoms with van der Waals surface area (Å²) in [5.74, 6) is 0.446. The highest BCUT2D eigenvalue weighted by Gasteiger charge is 2.42. The number of carbonyl (C=O) groups excluding carboxylic acids is 1. The standard InChI is InChI=1S/C37H54N4O3.2ClH/c42-35(31-36(33-7-3-1-4-8-33)11-15-38(16-12-36)19-21-40-23-27-43-28-24-40)32-37(34-9-5-2-6-10-34)13-17-39(18-14-37)20-22-41-25-29-44-30-26-41;;/h1-10H,11-32H2;2*1H. The number of ketones is 1. The summed E-state index contributed by atoms with van der Waals surface area (Å²) in [6.45, 7) is 16.3. The largest absolute Gasteiger partial charge is 0.379 e. The molecule has 0 radical (unpaired) electrons. The number of benzene rings is 2. The zero-order valence-electron chi connectivity index (χ0n) is 27.7. The van der Waals surface area contributed by atoms with Crippen LogP contribution in [0.5, 0.6) is 0 Å². The van der Waals surface area contributed by atoms with Crippen molar-refractivity contribution in [3.63, 3.8) is 0 Å². The molecule has 6 rings (SSSR count). The lowest BCUT2D eigenvalue weighted by Crippen LogP contribution is -2.49. The number of hydrogen-bond acceptors (Lipinski definition) is 7. The minimum absolute atomic E-state index is 0. The maximum atomic E-state index is 14.3. The topological polar surface area (TPSA) is 48.5 Å². The molecule has 0 saturated carbocycles. The van der Waals surface area contributed by atoms with Crippen molar-refractivity contribution in [2.75, 3.05) is 105 Å². The van der Waals surface area contributed by atoms with E-state index in [2.05, 4.69) is 80.3 Å². The van der Waals surface area contributed by atoms with Gasteiger partial charge in [0.1, 0.15) is 5.78 Å². The third-order valence-electron chi connectivity index (χ3n) is 11.1. The lowest BCUT2D eigenvalue weighted by molar-refractivity contribution is -0.122. The highest BCUT2D eigenvalue weighted by molar-refractivity contribution is 5.85. The maximum Gasteiger partial charge on any atom is 0.134 e. The molecule has 0 atom stereocenters. The number of piperidine rings is 2. The molecule has 0 bridgehead atoms. The van der Waals surface area contributed by atoms with Crippen LogP contribution in [0.15, 0.2) is 60.7 Å². The van der Waals surface area contributed by atoms with Crippen LogP contribution >= 0.6 is 24.8 Å². The van der Waals surface area contributed by atoms with Crippen LogP contribution in [0.3, 0.4) is 0 Å². The normalized spacial score (nSPS) is 22.8. The van der Waals surface area contributed by atoms with Crippen LogP contribution in [0.25, 0.3) is 0 Å². The van der Waals surface area contributed by atoms with Gasteiger partial charge in [-0.15, -0.1) is 24.8 Å². The first-order valence-corrected chi connectivity index (χ1v) is 17.3. The molecule has 0 aromatic heterocycles. The third-order valence-corrected chi connectivity index (χ3v) is 11.1. The van der Waals surface area contributed by atoms with E-state index in [0.29, 0.717) is 18.6 Å². The van der Waals surface area contributed by atoms with Gasteiger partial charge in [-0.3, -0.25) is 14.6 Å². The number of ether oxygens (including phenoxy) is 2. The molecule has 0 aliphatic carbocycles. The van der Waals surface area contributed by atoms with E-state index in [-0.39, 0.29) is 35.6 Å². The Morgan fingerprint density at radius 3 is 1.13 bits per heavy atom. The first kappa shape index (κ1) is 37.3. The molecule has 2 aromatic rings. The number of nitrogens with zero attached hydrogens (tertiary/aromatic N) is 4. The summed E-state index contributed by atoms with van der Waals surface area (Å²) in [5.41, 5.74) is 2.58. The fraction of sp³-hybridized carbons (Fsp3) is 0.649. The molecule has 0 spiro atoms. The second kappa shape index (κ2) is 18.3. The van der Waals surface area contributed by atoms with E-state index in [4.69, 9.17) is 9.47 Å². The van der Waals surface area contributed by atoms with Gasteiger partial charge in [-0.25, -0.2) is 0 Å². The fourth-order valence-corrected chi connectivity index (χ4v) is 8.16. The van der Waals surface area contributed by atoms with Crippen LogP contribution < -0.4 is 0 Å². The van der Waals surface area contributed by atoms with E-state index in [1.807, 2.05) is 0 Å². The zero-order valence-corrected chi connectivity index (χ0v) is 29.3. The maximum absolute atomic E-state index is 14.3.